The number of pyridine rings is 1. The van der Waals surface area contributed by atoms with Crippen LogP contribution in [0.4, 0.5) is 0 Å². The summed E-state index contributed by atoms with van der Waals surface area (Å²) in [7, 11) is 0. The Balaban J connectivity index is 2.18. The summed E-state index contributed by atoms with van der Waals surface area (Å²) < 4.78 is 0. The predicted octanol–water partition coefficient (Wildman–Crippen LogP) is 2.86. The summed E-state index contributed by atoms with van der Waals surface area (Å²) in [5.41, 5.74) is 1.09. The zero-order valence-electron chi connectivity index (χ0n) is 11.5. The maximum Gasteiger partial charge on any atom is 0.320 e. The van der Waals surface area contributed by atoms with Crippen LogP contribution in [0, 0.1) is 0 Å². The number of hydrogen-bond donors (Lipinski definition) is 1. The van der Waals surface area contributed by atoms with Crippen LogP contribution in [0.2, 0.25) is 0 Å². The van der Waals surface area contributed by atoms with Gasteiger partial charge in [0.25, 0.3) is 0 Å². The van der Waals surface area contributed by atoms with Crippen LogP contribution in [-0.4, -0.2) is 33.5 Å². The Labute approximate surface area is 114 Å². The molecule has 4 heteroatoms. The summed E-state index contributed by atoms with van der Waals surface area (Å²) in [6.07, 6.45) is 8.77. The third-order valence-corrected chi connectivity index (χ3v) is 3.99. The van der Waals surface area contributed by atoms with Crippen LogP contribution in [0.1, 0.15) is 50.6 Å². The van der Waals surface area contributed by atoms with Crippen LogP contribution in [0.3, 0.4) is 0 Å². The van der Waals surface area contributed by atoms with Crippen LogP contribution in [0.5, 0.6) is 0 Å². The zero-order chi connectivity index (χ0) is 13.7. The molecule has 1 N–H and O–H groups in total. The molecule has 1 aromatic heterocycles. The normalized spacial score (nSPS) is 23.3. The fraction of sp³-hybridized carbons (Fsp3) is 0.600. The SMILES string of the molecule is CC(c1cccnc1)N1CCCCCCC1C(=O)O. The third-order valence-electron chi connectivity index (χ3n) is 3.99. The molecule has 1 saturated heterocycles. The standard InChI is InChI=1S/C15H22N2O2/c1-12(13-7-6-9-16-11-13)17-10-5-3-2-4-8-14(17)15(18)19/h6-7,9,11-12,14H,2-5,8,10H2,1H3,(H,18,19). The molecule has 2 unspecified atom stereocenters. The number of hydrogen-bond acceptors (Lipinski definition) is 3. The molecule has 2 heterocycles. The Kier molecular flexibility index (Phi) is 4.91. The van der Waals surface area contributed by atoms with Gasteiger partial charge in [0.15, 0.2) is 0 Å². The summed E-state index contributed by atoms with van der Waals surface area (Å²) in [5.74, 6) is -0.697. The second-order valence-corrected chi connectivity index (χ2v) is 5.26. The maximum atomic E-state index is 11.5. The number of nitrogens with zero attached hydrogens (tertiary/aromatic N) is 2. The van der Waals surface area contributed by atoms with Gasteiger partial charge in [-0.3, -0.25) is 14.7 Å². The fourth-order valence-corrected chi connectivity index (χ4v) is 2.85. The summed E-state index contributed by atoms with van der Waals surface area (Å²) in [5, 5.41) is 9.46. The molecule has 0 spiro atoms. The number of carboxylic acids is 1. The number of aliphatic carboxylic acids is 1. The second-order valence-electron chi connectivity index (χ2n) is 5.26. The summed E-state index contributed by atoms with van der Waals surface area (Å²) in [6, 6.07) is 3.67. The second kappa shape index (κ2) is 6.66. The van der Waals surface area contributed by atoms with Crippen LogP contribution < -0.4 is 0 Å². The number of rotatable bonds is 3. The minimum Gasteiger partial charge on any atom is -0.480 e. The molecule has 4 nitrogen and oxygen atoms in total. The van der Waals surface area contributed by atoms with E-state index in [-0.39, 0.29) is 12.1 Å². The van der Waals surface area contributed by atoms with Crippen molar-refractivity contribution in [2.45, 2.75) is 51.1 Å². The van der Waals surface area contributed by atoms with E-state index in [1.165, 1.54) is 6.42 Å². The van der Waals surface area contributed by atoms with Crippen molar-refractivity contribution in [2.75, 3.05) is 6.54 Å². The van der Waals surface area contributed by atoms with Gasteiger partial charge in [-0.25, -0.2) is 0 Å². The zero-order valence-corrected chi connectivity index (χ0v) is 11.5. The van der Waals surface area contributed by atoms with Gasteiger partial charge >= 0.3 is 5.97 Å². The lowest BCUT2D eigenvalue weighted by Crippen LogP contribution is -2.44. The predicted molar refractivity (Wildman–Crippen MR) is 73.9 cm³/mol. The fourth-order valence-electron chi connectivity index (χ4n) is 2.85. The van der Waals surface area contributed by atoms with E-state index in [9.17, 15) is 9.90 Å². The highest BCUT2D eigenvalue weighted by atomic mass is 16.4. The van der Waals surface area contributed by atoms with Crippen molar-refractivity contribution < 1.29 is 9.90 Å². The minimum atomic E-state index is -0.697. The molecule has 1 aromatic rings. The number of carbonyl (C=O) groups is 1. The molecule has 0 aliphatic carbocycles. The highest BCUT2D eigenvalue weighted by Gasteiger charge is 2.30. The summed E-state index contributed by atoms with van der Waals surface area (Å²) >= 11 is 0. The van der Waals surface area contributed by atoms with E-state index >= 15 is 0 Å². The highest BCUT2D eigenvalue weighted by Crippen LogP contribution is 2.27. The van der Waals surface area contributed by atoms with Crippen LogP contribution in [-0.2, 0) is 4.79 Å². The Morgan fingerprint density at radius 1 is 1.42 bits per heavy atom. The number of likely N-dealkylation sites (tertiary alicyclic amines) is 1. The summed E-state index contributed by atoms with van der Waals surface area (Å²) in [4.78, 5) is 17.8. The van der Waals surface area contributed by atoms with Gasteiger partial charge in [0.2, 0.25) is 0 Å². The van der Waals surface area contributed by atoms with Gasteiger partial charge in [0.05, 0.1) is 0 Å². The molecule has 104 valence electrons. The van der Waals surface area contributed by atoms with E-state index in [0.29, 0.717) is 0 Å². The largest absolute Gasteiger partial charge is 0.480 e. The first-order chi connectivity index (χ1) is 9.20. The van der Waals surface area contributed by atoms with Crippen molar-refractivity contribution in [2.24, 2.45) is 0 Å². The summed E-state index contributed by atoms with van der Waals surface area (Å²) in [6.45, 7) is 2.93. The lowest BCUT2D eigenvalue weighted by atomic mass is 9.98. The molecule has 2 rings (SSSR count). The Hall–Kier alpha value is -1.42. The molecule has 0 amide bonds. The van der Waals surface area contributed by atoms with Crippen LogP contribution in [0.25, 0.3) is 0 Å². The molecule has 1 fully saturated rings. The van der Waals surface area contributed by atoms with Gasteiger partial charge < -0.3 is 5.11 Å². The molecule has 19 heavy (non-hydrogen) atoms. The van der Waals surface area contributed by atoms with Gasteiger partial charge in [0, 0.05) is 18.4 Å². The van der Waals surface area contributed by atoms with E-state index in [2.05, 4.69) is 16.8 Å². The van der Waals surface area contributed by atoms with E-state index in [4.69, 9.17) is 0 Å². The van der Waals surface area contributed by atoms with Gasteiger partial charge in [-0.1, -0.05) is 25.3 Å². The van der Waals surface area contributed by atoms with Crippen molar-refractivity contribution in [3.63, 3.8) is 0 Å². The molecular formula is C15H22N2O2. The topological polar surface area (TPSA) is 53.4 Å². The van der Waals surface area contributed by atoms with Crippen molar-refractivity contribution in [1.82, 2.24) is 9.88 Å². The van der Waals surface area contributed by atoms with E-state index in [0.717, 1.165) is 37.8 Å². The molecule has 2 atom stereocenters. The van der Waals surface area contributed by atoms with Crippen LogP contribution >= 0.6 is 0 Å². The van der Waals surface area contributed by atoms with E-state index in [1.54, 1.807) is 6.20 Å². The van der Waals surface area contributed by atoms with Gasteiger partial charge in [-0.2, -0.15) is 0 Å². The molecule has 1 aliphatic heterocycles. The minimum absolute atomic E-state index is 0.105. The van der Waals surface area contributed by atoms with Gasteiger partial charge in [-0.05, 0) is 37.9 Å². The molecule has 1 aliphatic rings. The van der Waals surface area contributed by atoms with Crippen molar-refractivity contribution in [1.29, 1.82) is 0 Å². The number of aromatic nitrogens is 1. The smallest absolute Gasteiger partial charge is 0.320 e. The van der Waals surface area contributed by atoms with Crippen molar-refractivity contribution in [3.05, 3.63) is 30.1 Å². The quantitative estimate of drug-likeness (QED) is 0.910. The maximum absolute atomic E-state index is 11.5. The Morgan fingerprint density at radius 3 is 2.89 bits per heavy atom. The first kappa shape index (κ1) is 14.0. The van der Waals surface area contributed by atoms with Crippen molar-refractivity contribution in [3.8, 4) is 0 Å². The first-order valence-corrected chi connectivity index (χ1v) is 7.08. The monoisotopic (exact) mass is 262 g/mol. The lowest BCUT2D eigenvalue weighted by molar-refractivity contribution is -0.145. The average molecular weight is 262 g/mol. The first-order valence-electron chi connectivity index (χ1n) is 7.08. The Bertz CT molecular complexity index is 408. The molecule has 0 saturated carbocycles. The van der Waals surface area contributed by atoms with Gasteiger partial charge in [0.1, 0.15) is 6.04 Å². The Morgan fingerprint density at radius 2 is 2.21 bits per heavy atom. The van der Waals surface area contributed by atoms with E-state index in [1.807, 2.05) is 18.3 Å². The molecule has 0 bridgehead atoms. The number of carboxylic acid groups (broad SMARTS) is 1. The van der Waals surface area contributed by atoms with E-state index < -0.39 is 5.97 Å². The average Bonchev–Trinajstić information content (AvgIpc) is 2.38. The molecule has 0 aromatic carbocycles. The molecule has 0 radical (unpaired) electrons. The molecular weight excluding hydrogens is 240 g/mol. The van der Waals surface area contributed by atoms with Crippen molar-refractivity contribution >= 4 is 5.97 Å². The van der Waals surface area contributed by atoms with Gasteiger partial charge in [-0.15, -0.1) is 0 Å². The lowest BCUT2D eigenvalue weighted by Gasteiger charge is -2.35. The highest BCUT2D eigenvalue weighted by molar-refractivity contribution is 5.73. The van der Waals surface area contributed by atoms with Crippen LogP contribution in [0.15, 0.2) is 24.5 Å². The third kappa shape index (κ3) is 3.53.